The molecule has 1 heteroatoms. The molecule has 0 atom stereocenters. The van der Waals surface area contributed by atoms with Gasteiger partial charge in [-0.05, 0) is 5.41 Å². The summed E-state index contributed by atoms with van der Waals surface area (Å²) in [5.41, 5.74) is 3.91. The molecular weight excluding hydrogens is 340 g/mol. The van der Waals surface area contributed by atoms with Crippen LogP contribution in [0.3, 0.4) is 0 Å². The summed E-state index contributed by atoms with van der Waals surface area (Å²) in [7, 11) is 0. The van der Waals surface area contributed by atoms with Gasteiger partial charge in [-0.3, -0.25) is 0 Å². The van der Waals surface area contributed by atoms with Gasteiger partial charge in [0.25, 0.3) is 0 Å². The Morgan fingerprint density at radius 2 is 1.79 bits per heavy atom. The van der Waals surface area contributed by atoms with E-state index in [1.165, 1.54) is 11.1 Å². The Morgan fingerprint density at radius 1 is 1.21 bits per heavy atom. The molecule has 0 aliphatic carbocycles. The van der Waals surface area contributed by atoms with Crippen LogP contribution in [0.15, 0.2) is 18.2 Å². The van der Waals surface area contributed by atoms with Crippen molar-refractivity contribution >= 4 is 0 Å². The zero-order valence-corrected chi connectivity index (χ0v) is 12.2. The molecule has 0 saturated carbocycles. The van der Waals surface area contributed by atoms with Crippen LogP contribution in [-0.4, -0.2) is 0 Å². The summed E-state index contributed by atoms with van der Waals surface area (Å²) in [4.78, 5) is 0. The van der Waals surface area contributed by atoms with Crippen molar-refractivity contribution in [3.05, 3.63) is 48.7 Å². The molecule has 0 aliphatic rings. The van der Waals surface area contributed by atoms with Crippen LogP contribution in [-0.2, 0) is 32.9 Å². The van der Waals surface area contributed by atoms with E-state index in [4.69, 9.17) is 0 Å². The molecule has 1 aromatic carbocycles. The summed E-state index contributed by atoms with van der Waals surface area (Å²) in [6.45, 7) is 14.5. The van der Waals surface area contributed by atoms with E-state index >= 15 is 0 Å². The van der Waals surface area contributed by atoms with Crippen LogP contribution >= 0.6 is 0 Å². The standard InChI is InChI=1S/C13H18.W/c1-6-11-7-8-12(9-10(11)2)13(3,4)5;/h7-9H,1-2,6H2,3-5H3;/q-2;+2. The van der Waals surface area contributed by atoms with E-state index in [1.807, 2.05) is 0 Å². The van der Waals surface area contributed by atoms with Crippen LogP contribution < -0.4 is 0 Å². The normalized spacial score (nSPS) is 10.9. The fourth-order valence-corrected chi connectivity index (χ4v) is 1.34. The quantitative estimate of drug-likeness (QED) is 0.674. The van der Waals surface area contributed by atoms with Gasteiger partial charge in [0, 0.05) is 0 Å². The maximum absolute atomic E-state index is 4.03. The third-order valence-corrected chi connectivity index (χ3v) is 2.34. The minimum atomic E-state index is 0. The zero-order chi connectivity index (χ0) is 10.1. The van der Waals surface area contributed by atoms with Crippen molar-refractivity contribution in [3.63, 3.8) is 0 Å². The van der Waals surface area contributed by atoms with Crippen LogP contribution in [0, 0.1) is 13.8 Å². The Hall–Kier alpha value is -0.222. The van der Waals surface area contributed by atoms with Gasteiger partial charge in [0.15, 0.2) is 0 Å². The van der Waals surface area contributed by atoms with Crippen molar-refractivity contribution in [2.75, 3.05) is 0 Å². The number of hydrogen-bond acceptors (Lipinski definition) is 0. The Bertz CT molecular complexity index is 295. The molecule has 76 valence electrons. The van der Waals surface area contributed by atoms with Crippen LogP contribution in [0.2, 0.25) is 0 Å². The monoisotopic (exact) mass is 358 g/mol. The molecule has 0 aliphatic heterocycles. The third-order valence-electron chi connectivity index (χ3n) is 2.34. The van der Waals surface area contributed by atoms with Crippen LogP contribution in [0.1, 0.15) is 37.5 Å². The maximum atomic E-state index is 4.03. The van der Waals surface area contributed by atoms with Crippen molar-refractivity contribution in [1.29, 1.82) is 0 Å². The van der Waals surface area contributed by atoms with Crippen molar-refractivity contribution in [1.82, 2.24) is 0 Å². The SMILES string of the molecule is [CH2-]Cc1ccc(C(C)(C)C)cc1[CH2-].[W+2]. The molecule has 14 heavy (non-hydrogen) atoms. The first-order valence-electron chi connectivity index (χ1n) is 4.70. The Balaban J connectivity index is 0.00000169. The second-order valence-corrected chi connectivity index (χ2v) is 4.48. The molecule has 0 unspecified atom stereocenters. The molecule has 0 N–H and O–H groups in total. The van der Waals surface area contributed by atoms with E-state index in [1.54, 1.807) is 0 Å². The van der Waals surface area contributed by atoms with Crippen molar-refractivity contribution in [2.24, 2.45) is 0 Å². The smallest absolute Gasteiger partial charge is 0.350 e. The first-order valence-corrected chi connectivity index (χ1v) is 4.70. The van der Waals surface area contributed by atoms with Gasteiger partial charge in [-0.2, -0.15) is 24.1 Å². The largest absolute Gasteiger partial charge is 2.00 e. The summed E-state index contributed by atoms with van der Waals surface area (Å²) < 4.78 is 0. The minimum Gasteiger partial charge on any atom is -0.350 e. The molecule has 1 aromatic rings. The predicted octanol–water partition coefficient (Wildman–Crippen LogP) is 3.54. The summed E-state index contributed by atoms with van der Waals surface area (Å²) in [5.74, 6) is 0. The predicted molar refractivity (Wildman–Crippen MR) is 58.7 cm³/mol. The minimum absolute atomic E-state index is 0. The summed E-state index contributed by atoms with van der Waals surface area (Å²) in [6, 6.07) is 6.48. The Kier molecular flexibility index (Phi) is 4.95. The summed E-state index contributed by atoms with van der Waals surface area (Å²) in [6.07, 6.45) is 0.823. The fraction of sp³-hybridized carbons (Fsp3) is 0.385. The fourth-order valence-electron chi connectivity index (χ4n) is 1.34. The van der Waals surface area contributed by atoms with Gasteiger partial charge in [0.2, 0.25) is 0 Å². The molecular formula is C13H18W. The summed E-state index contributed by atoms with van der Waals surface area (Å²) >= 11 is 0. The average molecular weight is 358 g/mol. The molecule has 0 bridgehead atoms. The van der Waals surface area contributed by atoms with Gasteiger partial charge >= 0.3 is 21.1 Å². The third kappa shape index (κ3) is 3.17. The topological polar surface area (TPSA) is 0 Å². The second kappa shape index (κ2) is 5.03. The molecule has 0 aromatic heterocycles. The molecule has 0 spiro atoms. The molecule has 0 radical (unpaired) electrons. The second-order valence-electron chi connectivity index (χ2n) is 4.48. The Labute approximate surface area is 102 Å². The van der Waals surface area contributed by atoms with Crippen LogP contribution in [0.5, 0.6) is 0 Å². The van der Waals surface area contributed by atoms with Crippen molar-refractivity contribution in [3.8, 4) is 0 Å². The van der Waals surface area contributed by atoms with E-state index in [0.29, 0.717) is 0 Å². The average Bonchev–Trinajstić information content (AvgIpc) is 2.02. The van der Waals surface area contributed by atoms with E-state index < -0.39 is 0 Å². The van der Waals surface area contributed by atoms with E-state index in [-0.39, 0.29) is 26.5 Å². The number of rotatable bonds is 1. The van der Waals surface area contributed by atoms with Gasteiger partial charge in [-0.25, -0.2) is 6.42 Å². The van der Waals surface area contributed by atoms with E-state index in [2.05, 4.69) is 52.8 Å². The van der Waals surface area contributed by atoms with Gasteiger partial charge in [0.1, 0.15) is 0 Å². The molecule has 1 rings (SSSR count). The molecule has 0 heterocycles. The zero-order valence-electron chi connectivity index (χ0n) is 9.26. The van der Waals surface area contributed by atoms with Crippen LogP contribution in [0.4, 0.5) is 0 Å². The maximum Gasteiger partial charge on any atom is 2.00 e. The van der Waals surface area contributed by atoms with E-state index in [9.17, 15) is 0 Å². The van der Waals surface area contributed by atoms with Crippen molar-refractivity contribution < 1.29 is 21.1 Å². The molecule has 0 fully saturated rings. The first-order chi connectivity index (χ1) is 5.95. The van der Waals surface area contributed by atoms with Gasteiger partial charge < -0.3 is 6.92 Å². The van der Waals surface area contributed by atoms with Gasteiger partial charge in [0.05, 0.1) is 0 Å². The molecule has 0 amide bonds. The summed E-state index contributed by atoms with van der Waals surface area (Å²) in [5, 5.41) is 0. The van der Waals surface area contributed by atoms with E-state index in [0.717, 1.165) is 12.0 Å². The number of hydrogen-bond donors (Lipinski definition) is 0. The Morgan fingerprint density at radius 3 is 2.14 bits per heavy atom. The molecule has 0 saturated heterocycles. The van der Waals surface area contributed by atoms with Gasteiger partial charge in [-0.15, -0.1) is 6.07 Å². The first kappa shape index (κ1) is 13.8. The van der Waals surface area contributed by atoms with Crippen LogP contribution in [0.25, 0.3) is 0 Å². The molecule has 0 nitrogen and oxygen atoms in total. The van der Waals surface area contributed by atoms with Crippen molar-refractivity contribution in [2.45, 2.75) is 32.6 Å². The number of benzene rings is 1. The van der Waals surface area contributed by atoms with Gasteiger partial charge in [-0.1, -0.05) is 32.4 Å².